The molecule has 90 valence electrons. The van der Waals surface area contributed by atoms with E-state index in [1.54, 1.807) is 0 Å². The highest BCUT2D eigenvalue weighted by atomic mass is 79.9. The Kier molecular flexibility index (Phi) is 3.13. The van der Waals surface area contributed by atoms with Crippen molar-refractivity contribution in [3.63, 3.8) is 0 Å². The lowest BCUT2D eigenvalue weighted by Crippen LogP contribution is -1.94. The lowest BCUT2D eigenvalue weighted by Gasteiger charge is -2.06. The fraction of sp³-hybridized carbons (Fsp3) is 0. The summed E-state index contributed by atoms with van der Waals surface area (Å²) < 4.78 is 4.77. The minimum Gasteiger partial charge on any atom is -0.330 e. The quantitative estimate of drug-likeness (QED) is 0.571. The first-order valence-corrected chi connectivity index (χ1v) is 7.31. The van der Waals surface area contributed by atoms with E-state index in [4.69, 9.17) is 12.2 Å². The molecule has 0 aliphatic carbocycles. The average molecular weight is 384 g/mol. The number of hydrogen-bond donors (Lipinski definition) is 1. The number of para-hydroxylation sites is 1. The molecule has 2 nitrogen and oxygen atoms in total. The zero-order valence-electron chi connectivity index (χ0n) is 9.15. The second kappa shape index (κ2) is 4.64. The van der Waals surface area contributed by atoms with Gasteiger partial charge in [0.15, 0.2) is 4.77 Å². The maximum Gasteiger partial charge on any atom is 0.182 e. The van der Waals surface area contributed by atoms with Gasteiger partial charge in [0.05, 0.1) is 16.7 Å². The molecule has 0 saturated carbocycles. The summed E-state index contributed by atoms with van der Waals surface area (Å²) in [5, 5.41) is 0. The van der Waals surface area contributed by atoms with Gasteiger partial charge >= 0.3 is 0 Å². The van der Waals surface area contributed by atoms with Crippen molar-refractivity contribution in [2.75, 3.05) is 0 Å². The number of nitrogens with one attached hydrogen (secondary N) is 1. The van der Waals surface area contributed by atoms with Crippen molar-refractivity contribution in [1.29, 1.82) is 0 Å². The summed E-state index contributed by atoms with van der Waals surface area (Å²) in [4.78, 5) is 3.22. The highest BCUT2D eigenvalue weighted by molar-refractivity contribution is 9.10. The summed E-state index contributed by atoms with van der Waals surface area (Å²) in [5.74, 6) is 0. The highest BCUT2D eigenvalue weighted by Gasteiger charge is 2.08. The third-order valence-corrected chi connectivity index (χ3v) is 4.19. The average Bonchev–Trinajstić information content (AvgIpc) is 2.65. The van der Waals surface area contributed by atoms with Gasteiger partial charge in [0.2, 0.25) is 0 Å². The lowest BCUT2D eigenvalue weighted by atomic mass is 10.3. The molecular formula is C13H8Br2N2S. The minimum atomic E-state index is 0.690. The summed E-state index contributed by atoms with van der Waals surface area (Å²) in [7, 11) is 0. The van der Waals surface area contributed by atoms with Gasteiger partial charge in [-0.05, 0) is 58.5 Å². The van der Waals surface area contributed by atoms with Crippen molar-refractivity contribution < 1.29 is 0 Å². The van der Waals surface area contributed by atoms with Crippen LogP contribution in [0, 0.1) is 4.77 Å². The number of imidazole rings is 1. The van der Waals surface area contributed by atoms with E-state index >= 15 is 0 Å². The number of benzene rings is 2. The molecule has 0 amide bonds. The van der Waals surface area contributed by atoms with Gasteiger partial charge in [0.25, 0.3) is 0 Å². The van der Waals surface area contributed by atoms with Crippen molar-refractivity contribution in [2.45, 2.75) is 0 Å². The van der Waals surface area contributed by atoms with E-state index in [-0.39, 0.29) is 0 Å². The summed E-state index contributed by atoms with van der Waals surface area (Å²) in [6, 6.07) is 14.1. The molecule has 3 rings (SSSR count). The van der Waals surface area contributed by atoms with E-state index in [0.29, 0.717) is 4.77 Å². The monoisotopic (exact) mass is 382 g/mol. The molecule has 0 atom stereocenters. The van der Waals surface area contributed by atoms with Crippen molar-refractivity contribution in [3.05, 3.63) is 56.2 Å². The third kappa shape index (κ3) is 1.96. The zero-order chi connectivity index (χ0) is 12.7. The first-order chi connectivity index (χ1) is 8.66. The largest absolute Gasteiger partial charge is 0.330 e. The molecule has 0 fully saturated rings. The van der Waals surface area contributed by atoms with Gasteiger partial charge in [-0.2, -0.15) is 0 Å². The maximum absolute atomic E-state index is 5.41. The molecule has 1 N–H and O–H groups in total. The number of rotatable bonds is 1. The van der Waals surface area contributed by atoms with Crippen LogP contribution in [-0.4, -0.2) is 9.55 Å². The molecule has 0 aliphatic heterocycles. The Labute approximate surface area is 126 Å². The molecule has 1 heterocycles. The predicted molar refractivity (Wildman–Crippen MR) is 83.9 cm³/mol. The van der Waals surface area contributed by atoms with Crippen LogP contribution in [0.15, 0.2) is 51.4 Å². The Bertz CT molecular complexity index is 789. The van der Waals surface area contributed by atoms with Crippen LogP contribution in [0.1, 0.15) is 0 Å². The van der Waals surface area contributed by atoms with Crippen LogP contribution in [0.2, 0.25) is 0 Å². The van der Waals surface area contributed by atoms with E-state index in [2.05, 4.69) is 36.8 Å². The molecule has 0 spiro atoms. The highest BCUT2D eigenvalue weighted by Crippen LogP contribution is 2.27. The van der Waals surface area contributed by atoms with E-state index in [1.807, 2.05) is 47.0 Å². The van der Waals surface area contributed by atoms with E-state index in [1.165, 1.54) is 0 Å². The first kappa shape index (κ1) is 12.1. The van der Waals surface area contributed by atoms with Crippen LogP contribution in [0.25, 0.3) is 16.7 Å². The fourth-order valence-electron chi connectivity index (χ4n) is 1.96. The Morgan fingerprint density at radius 1 is 1.06 bits per heavy atom. The van der Waals surface area contributed by atoms with Gasteiger partial charge in [-0.1, -0.05) is 28.1 Å². The number of H-pyrrole nitrogens is 1. The summed E-state index contributed by atoms with van der Waals surface area (Å²) in [6.07, 6.45) is 0. The SMILES string of the molecule is S=c1[nH]c2cc(Br)ccc2n1-c1ccccc1Br. The van der Waals surface area contributed by atoms with Gasteiger partial charge in [-0.25, -0.2) is 0 Å². The molecule has 2 aromatic carbocycles. The molecule has 0 radical (unpaired) electrons. The Hall–Kier alpha value is -0.910. The van der Waals surface area contributed by atoms with E-state index in [0.717, 1.165) is 25.7 Å². The number of fused-ring (bicyclic) bond motifs is 1. The molecular weight excluding hydrogens is 376 g/mol. The van der Waals surface area contributed by atoms with E-state index < -0.39 is 0 Å². The van der Waals surface area contributed by atoms with Crippen molar-refractivity contribution in [1.82, 2.24) is 9.55 Å². The molecule has 3 aromatic rings. The zero-order valence-corrected chi connectivity index (χ0v) is 13.1. The normalized spacial score (nSPS) is 11.0. The minimum absolute atomic E-state index is 0.690. The van der Waals surface area contributed by atoms with Crippen LogP contribution in [0.3, 0.4) is 0 Å². The summed E-state index contributed by atoms with van der Waals surface area (Å²) >= 11 is 12.4. The molecule has 0 saturated heterocycles. The topological polar surface area (TPSA) is 20.7 Å². The predicted octanol–water partition coefficient (Wildman–Crippen LogP) is 5.21. The third-order valence-electron chi connectivity index (χ3n) is 2.74. The van der Waals surface area contributed by atoms with E-state index in [9.17, 15) is 0 Å². The van der Waals surface area contributed by atoms with Crippen molar-refractivity contribution >= 4 is 55.1 Å². The standard InChI is InChI=1S/C13H8Br2N2S/c14-8-5-6-12-10(7-8)16-13(18)17(12)11-4-2-1-3-9(11)15/h1-7H,(H,16,18). The number of aromatic nitrogens is 2. The molecule has 5 heteroatoms. The van der Waals surface area contributed by atoms with Crippen LogP contribution < -0.4 is 0 Å². The van der Waals surface area contributed by atoms with Crippen LogP contribution in [-0.2, 0) is 0 Å². The van der Waals surface area contributed by atoms with Crippen molar-refractivity contribution in [2.24, 2.45) is 0 Å². The number of hydrogen-bond acceptors (Lipinski definition) is 1. The smallest absolute Gasteiger partial charge is 0.182 e. The first-order valence-electron chi connectivity index (χ1n) is 5.32. The van der Waals surface area contributed by atoms with Gasteiger partial charge in [-0.3, -0.25) is 4.57 Å². The lowest BCUT2D eigenvalue weighted by molar-refractivity contribution is 1.06. The fourth-order valence-corrected chi connectivity index (χ4v) is 3.09. The van der Waals surface area contributed by atoms with Crippen molar-refractivity contribution in [3.8, 4) is 5.69 Å². The second-order valence-electron chi connectivity index (χ2n) is 3.88. The Balaban J connectivity index is 2.40. The van der Waals surface area contributed by atoms with Crippen LogP contribution in [0.4, 0.5) is 0 Å². The molecule has 1 aromatic heterocycles. The van der Waals surface area contributed by atoms with Gasteiger partial charge in [0, 0.05) is 8.95 Å². The summed E-state index contributed by atoms with van der Waals surface area (Å²) in [6.45, 7) is 0. The van der Waals surface area contributed by atoms with Crippen LogP contribution in [0.5, 0.6) is 0 Å². The Morgan fingerprint density at radius 3 is 2.61 bits per heavy atom. The van der Waals surface area contributed by atoms with Crippen LogP contribution >= 0.6 is 44.1 Å². The van der Waals surface area contributed by atoms with Gasteiger partial charge in [0.1, 0.15) is 0 Å². The molecule has 18 heavy (non-hydrogen) atoms. The van der Waals surface area contributed by atoms with Gasteiger partial charge < -0.3 is 4.98 Å². The molecule has 0 aliphatic rings. The maximum atomic E-state index is 5.41. The number of nitrogens with zero attached hydrogens (tertiary/aromatic N) is 1. The van der Waals surface area contributed by atoms with Gasteiger partial charge in [-0.15, -0.1) is 0 Å². The number of halogens is 2. The Morgan fingerprint density at radius 2 is 1.83 bits per heavy atom. The summed E-state index contributed by atoms with van der Waals surface area (Å²) in [5.41, 5.74) is 3.12. The molecule has 0 unspecified atom stereocenters. The second-order valence-corrected chi connectivity index (χ2v) is 6.04. The number of aromatic amines is 1. The molecule has 0 bridgehead atoms.